The van der Waals surface area contributed by atoms with Gasteiger partial charge in [-0.25, -0.2) is 9.97 Å². The maximum Gasteiger partial charge on any atom is 0.416 e. The average Bonchev–Trinajstić information content (AvgIpc) is 2.89. The molecule has 0 aliphatic carbocycles. The van der Waals surface area contributed by atoms with Gasteiger partial charge >= 0.3 is 6.18 Å². The van der Waals surface area contributed by atoms with Crippen molar-refractivity contribution in [3.63, 3.8) is 0 Å². The van der Waals surface area contributed by atoms with Gasteiger partial charge in [-0.2, -0.15) is 13.2 Å². The number of benzene rings is 1. The van der Waals surface area contributed by atoms with Crippen LogP contribution in [-0.2, 0) is 6.18 Å². The van der Waals surface area contributed by atoms with Crippen molar-refractivity contribution >= 4 is 17.5 Å². The quantitative estimate of drug-likeness (QED) is 0.907. The lowest BCUT2D eigenvalue weighted by Gasteiger charge is -2.26. The summed E-state index contributed by atoms with van der Waals surface area (Å²) in [5.74, 6) is 0.243. The van der Waals surface area contributed by atoms with E-state index in [-0.39, 0.29) is 24.5 Å². The molecule has 0 bridgehead atoms. The number of hydrogen-bond acceptors (Lipinski definition) is 4. The molecule has 1 aromatic carbocycles. The van der Waals surface area contributed by atoms with Gasteiger partial charge in [-0.3, -0.25) is 0 Å². The number of alkyl halides is 3. The van der Waals surface area contributed by atoms with Gasteiger partial charge in [0.05, 0.1) is 35.1 Å². The third kappa shape index (κ3) is 3.25. The number of aliphatic hydroxyl groups excluding tert-OH is 1. The Labute approximate surface area is 135 Å². The second kappa shape index (κ2) is 5.98. The first kappa shape index (κ1) is 16.0. The number of halogens is 4. The van der Waals surface area contributed by atoms with Crippen molar-refractivity contribution in [3.05, 3.63) is 52.8 Å². The molecular formula is C15H13ClF3N3O. The number of β-amino-alcohol motifs (C(OH)–C–C–N with tert-alkyl or cyclic N) is 1. The highest BCUT2D eigenvalue weighted by Crippen LogP contribution is 2.41. The summed E-state index contributed by atoms with van der Waals surface area (Å²) in [6, 6.07) is 4.72. The molecule has 0 saturated carbocycles. The Morgan fingerprint density at radius 2 is 1.83 bits per heavy atom. The van der Waals surface area contributed by atoms with Crippen LogP contribution in [0.2, 0.25) is 5.02 Å². The Hall–Kier alpha value is -1.86. The van der Waals surface area contributed by atoms with E-state index in [2.05, 4.69) is 9.97 Å². The molecule has 23 heavy (non-hydrogen) atoms. The summed E-state index contributed by atoms with van der Waals surface area (Å²) in [4.78, 5) is 9.68. The van der Waals surface area contributed by atoms with Crippen LogP contribution in [0.25, 0.3) is 0 Å². The SMILES string of the molecule is O[C@@H]1C[C@@H](c2ccccc2C(F)(F)F)N(c2ncc(Cl)cn2)C1. The summed E-state index contributed by atoms with van der Waals surface area (Å²) >= 11 is 5.74. The third-order valence-corrected chi connectivity index (χ3v) is 3.96. The molecule has 2 atom stereocenters. The Kier molecular flexibility index (Phi) is 4.16. The van der Waals surface area contributed by atoms with Crippen molar-refractivity contribution in [2.24, 2.45) is 0 Å². The van der Waals surface area contributed by atoms with E-state index in [1.807, 2.05) is 0 Å². The van der Waals surface area contributed by atoms with E-state index in [0.717, 1.165) is 6.07 Å². The average molecular weight is 344 g/mol. The van der Waals surface area contributed by atoms with Crippen LogP contribution in [0.5, 0.6) is 0 Å². The van der Waals surface area contributed by atoms with Gasteiger partial charge < -0.3 is 10.0 Å². The van der Waals surface area contributed by atoms with Crippen LogP contribution in [0.15, 0.2) is 36.7 Å². The summed E-state index contributed by atoms with van der Waals surface area (Å²) in [7, 11) is 0. The highest BCUT2D eigenvalue weighted by molar-refractivity contribution is 6.30. The second-order valence-corrected chi connectivity index (χ2v) is 5.78. The molecule has 1 aliphatic rings. The number of nitrogens with zero attached hydrogens (tertiary/aromatic N) is 3. The minimum Gasteiger partial charge on any atom is -0.391 e. The van der Waals surface area contributed by atoms with Crippen LogP contribution in [0, 0.1) is 0 Å². The summed E-state index contributed by atoms with van der Waals surface area (Å²) < 4.78 is 39.8. The minimum atomic E-state index is -4.46. The van der Waals surface area contributed by atoms with E-state index >= 15 is 0 Å². The predicted octanol–water partition coefficient (Wildman–Crippen LogP) is 3.46. The first-order chi connectivity index (χ1) is 10.9. The molecule has 0 radical (unpaired) electrons. The number of aliphatic hydroxyl groups is 1. The fourth-order valence-electron chi connectivity index (χ4n) is 2.83. The predicted molar refractivity (Wildman–Crippen MR) is 79.2 cm³/mol. The molecule has 1 aromatic heterocycles. The maximum absolute atomic E-state index is 13.3. The zero-order valence-electron chi connectivity index (χ0n) is 11.8. The van der Waals surface area contributed by atoms with E-state index in [1.165, 1.54) is 24.5 Å². The third-order valence-electron chi connectivity index (χ3n) is 3.77. The maximum atomic E-state index is 13.3. The van der Waals surface area contributed by atoms with Crippen molar-refractivity contribution in [1.29, 1.82) is 0 Å². The van der Waals surface area contributed by atoms with Crippen LogP contribution in [0.1, 0.15) is 23.6 Å². The van der Waals surface area contributed by atoms with E-state index in [0.29, 0.717) is 5.02 Å². The molecule has 122 valence electrons. The highest BCUT2D eigenvalue weighted by Gasteiger charge is 2.40. The Bertz CT molecular complexity index is 693. The highest BCUT2D eigenvalue weighted by atomic mass is 35.5. The largest absolute Gasteiger partial charge is 0.416 e. The molecule has 1 fully saturated rings. The first-order valence-electron chi connectivity index (χ1n) is 6.94. The number of rotatable bonds is 2. The molecular weight excluding hydrogens is 331 g/mol. The Balaban J connectivity index is 2.02. The first-order valence-corrected chi connectivity index (χ1v) is 7.32. The summed E-state index contributed by atoms with van der Waals surface area (Å²) in [5, 5.41) is 10.3. The topological polar surface area (TPSA) is 49.2 Å². The summed E-state index contributed by atoms with van der Waals surface area (Å²) in [5.41, 5.74) is -0.604. The Morgan fingerprint density at radius 1 is 1.17 bits per heavy atom. The minimum absolute atomic E-state index is 0.107. The summed E-state index contributed by atoms with van der Waals surface area (Å²) in [6.45, 7) is 0.165. The van der Waals surface area contributed by atoms with Crippen molar-refractivity contribution in [2.75, 3.05) is 11.4 Å². The molecule has 1 N–H and O–H groups in total. The summed E-state index contributed by atoms with van der Waals surface area (Å²) in [6.07, 6.45) is -2.28. The number of hydrogen-bond donors (Lipinski definition) is 1. The van der Waals surface area contributed by atoms with Crippen LogP contribution in [0.4, 0.5) is 19.1 Å². The van der Waals surface area contributed by atoms with Crippen molar-refractivity contribution in [3.8, 4) is 0 Å². The fourth-order valence-corrected chi connectivity index (χ4v) is 2.93. The lowest BCUT2D eigenvalue weighted by atomic mass is 9.97. The second-order valence-electron chi connectivity index (χ2n) is 5.34. The van der Waals surface area contributed by atoms with Crippen molar-refractivity contribution < 1.29 is 18.3 Å². The smallest absolute Gasteiger partial charge is 0.391 e. The van der Waals surface area contributed by atoms with E-state index in [9.17, 15) is 18.3 Å². The van der Waals surface area contributed by atoms with Crippen LogP contribution in [0.3, 0.4) is 0 Å². The van der Waals surface area contributed by atoms with Crippen molar-refractivity contribution in [2.45, 2.75) is 24.7 Å². The molecule has 3 rings (SSSR count). The molecule has 8 heteroatoms. The van der Waals surface area contributed by atoms with Gasteiger partial charge in [-0.15, -0.1) is 0 Å². The van der Waals surface area contributed by atoms with Gasteiger partial charge in [-0.1, -0.05) is 29.8 Å². The standard InChI is InChI=1S/C15H13ClF3N3O/c16-9-6-20-14(21-7-9)22-8-10(23)5-13(22)11-3-1-2-4-12(11)15(17,18)19/h1-4,6-7,10,13,23H,5,8H2/t10-,13+/m1/s1. The van der Waals surface area contributed by atoms with Gasteiger partial charge in [0.2, 0.25) is 5.95 Å². The molecule has 2 aromatic rings. The van der Waals surface area contributed by atoms with Gasteiger partial charge in [0.1, 0.15) is 0 Å². The van der Waals surface area contributed by atoms with Crippen LogP contribution >= 0.6 is 11.6 Å². The number of aromatic nitrogens is 2. The van der Waals surface area contributed by atoms with Gasteiger partial charge in [-0.05, 0) is 18.1 Å². The molecule has 1 saturated heterocycles. The molecule has 4 nitrogen and oxygen atoms in total. The van der Waals surface area contributed by atoms with Crippen LogP contribution < -0.4 is 4.90 Å². The molecule has 0 spiro atoms. The van der Waals surface area contributed by atoms with Gasteiger partial charge in [0, 0.05) is 6.54 Å². The van der Waals surface area contributed by atoms with E-state index in [1.54, 1.807) is 11.0 Å². The van der Waals surface area contributed by atoms with Gasteiger partial charge in [0.25, 0.3) is 0 Å². The van der Waals surface area contributed by atoms with Crippen LogP contribution in [-0.4, -0.2) is 27.7 Å². The van der Waals surface area contributed by atoms with Gasteiger partial charge in [0.15, 0.2) is 0 Å². The molecule has 0 amide bonds. The van der Waals surface area contributed by atoms with E-state index < -0.39 is 23.9 Å². The molecule has 2 heterocycles. The molecule has 1 aliphatic heterocycles. The lowest BCUT2D eigenvalue weighted by Crippen LogP contribution is -2.27. The Morgan fingerprint density at radius 3 is 2.48 bits per heavy atom. The lowest BCUT2D eigenvalue weighted by molar-refractivity contribution is -0.138. The van der Waals surface area contributed by atoms with E-state index in [4.69, 9.17) is 11.6 Å². The monoisotopic (exact) mass is 343 g/mol. The fraction of sp³-hybridized carbons (Fsp3) is 0.333. The van der Waals surface area contributed by atoms with Crippen molar-refractivity contribution in [1.82, 2.24) is 9.97 Å². The number of anilines is 1. The normalized spacial score (nSPS) is 21.7. The zero-order valence-corrected chi connectivity index (χ0v) is 12.6. The zero-order chi connectivity index (χ0) is 16.6. The molecule has 0 unspecified atom stereocenters.